The molecule has 0 spiro atoms. The largest absolute Gasteiger partial charge is 0.357 e. The molecule has 6 nitrogen and oxygen atoms in total. The quantitative estimate of drug-likeness (QED) is 0.599. The topological polar surface area (TPSA) is 75.5 Å². The second kappa shape index (κ2) is 5.64. The standard InChI is InChI=1S/C12H20N4O2S/c1-13-12(14-7-10-3-5-16(2)8-10)15-11-4-6-19(17,18)9-11/h3,5,8,11H,4,6-7,9H2,1-2H3,(H2,13,14,15). The van der Waals surface area contributed by atoms with Crippen molar-refractivity contribution in [1.82, 2.24) is 15.2 Å². The Morgan fingerprint density at radius 2 is 2.37 bits per heavy atom. The molecule has 1 atom stereocenters. The van der Waals surface area contributed by atoms with Gasteiger partial charge in [0, 0.05) is 39.1 Å². The zero-order valence-corrected chi connectivity index (χ0v) is 12.1. The Balaban J connectivity index is 1.84. The molecule has 0 aromatic carbocycles. The molecule has 1 saturated heterocycles. The molecule has 0 saturated carbocycles. The third-order valence-corrected chi connectivity index (χ3v) is 4.92. The van der Waals surface area contributed by atoms with E-state index < -0.39 is 9.84 Å². The van der Waals surface area contributed by atoms with Crippen LogP contribution in [0, 0.1) is 0 Å². The van der Waals surface area contributed by atoms with Gasteiger partial charge in [0.2, 0.25) is 0 Å². The summed E-state index contributed by atoms with van der Waals surface area (Å²) in [5, 5.41) is 6.34. The fourth-order valence-corrected chi connectivity index (χ4v) is 3.82. The molecule has 0 aliphatic carbocycles. The summed E-state index contributed by atoms with van der Waals surface area (Å²) in [6.07, 6.45) is 4.66. The summed E-state index contributed by atoms with van der Waals surface area (Å²) in [6.45, 7) is 0.667. The number of guanidine groups is 1. The van der Waals surface area contributed by atoms with Crippen molar-refractivity contribution in [2.45, 2.75) is 19.0 Å². The minimum Gasteiger partial charge on any atom is -0.357 e. The summed E-state index contributed by atoms with van der Waals surface area (Å²) in [5.74, 6) is 1.10. The van der Waals surface area contributed by atoms with Crippen LogP contribution in [0.25, 0.3) is 0 Å². The summed E-state index contributed by atoms with van der Waals surface area (Å²) in [4.78, 5) is 4.11. The zero-order chi connectivity index (χ0) is 13.9. The molecule has 0 amide bonds. The molecule has 1 aromatic rings. The number of aromatic nitrogens is 1. The highest BCUT2D eigenvalue weighted by atomic mass is 32.2. The first kappa shape index (κ1) is 13.9. The number of hydrogen-bond acceptors (Lipinski definition) is 3. The highest BCUT2D eigenvalue weighted by Gasteiger charge is 2.28. The molecule has 7 heteroatoms. The van der Waals surface area contributed by atoms with Gasteiger partial charge in [0.05, 0.1) is 11.5 Å². The van der Waals surface area contributed by atoms with Crippen LogP contribution in [0.15, 0.2) is 23.5 Å². The van der Waals surface area contributed by atoms with Gasteiger partial charge in [-0.25, -0.2) is 8.42 Å². The second-order valence-corrected chi connectivity index (χ2v) is 7.08. The summed E-state index contributed by atoms with van der Waals surface area (Å²) in [7, 11) is 0.795. The molecule has 0 bridgehead atoms. The van der Waals surface area contributed by atoms with Crippen LogP contribution in [0.5, 0.6) is 0 Å². The Hall–Kier alpha value is -1.50. The normalized spacial score (nSPS) is 22.4. The smallest absolute Gasteiger partial charge is 0.191 e. The predicted molar refractivity (Wildman–Crippen MR) is 75.8 cm³/mol. The molecule has 1 unspecified atom stereocenters. The van der Waals surface area contributed by atoms with Crippen molar-refractivity contribution in [2.24, 2.45) is 12.0 Å². The fraction of sp³-hybridized carbons (Fsp3) is 0.583. The molecular formula is C12H20N4O2S. The maximum Gasteiger partial charge on any atom is 0.191 e. The SMILES string of the molecule is CN=C(NCc1ccn(C)c1)NC1CCS(=O)(=O)C1. The third-order valence-electron chi connectivity index (χ3n) is 3.15. The van der Waals surface area contributed by atoms with Crippen molar-refractivity contribution in [2.75, 3.05) is 18.6 Å². The molecule has 19 heavy (non-hydrogen) atoms. The number of sulfone groups is 1. The lowest BCUT2D eigenvalue weighted by molar-refractivity contribution is 0.599. The molecule has 2 rings (SSSR count). The molecule has 1 fully saturated rings. The van der Waals surface area contributed by atoms with E-state index in [-0.39, 0.29) is 17.5 Å². The van der Waals surface area contributed by atoms with Crippen molar-refractivity contribution < 1.29 is 8.42 Å². The Kier molecular flexibility index (Phi) is 4.14. The monoisotopic (exact) mass is 284 g/mol. The highest BCUT2D eigenvalue weighted by molar-refractivity contribution is 7.91. The van der Waals surface area contributed by atoms with E-state index in [1.165, 1.54) is 0 Å². The zero-order valence-electron chi connectivity index (χ0n) is 11.3. The van der Waals surface area contributed by atoms with E-state index in [1.54, 1.807) is 7.05 Å². The number of nitrogens with zero attached hydrogens (tertiary/aromatic N) is 2. The van der Waals surface area contributed by atoms with Crippen LogP contribution in [-0.4, -0.2) is 43.5 Å². The van der Waals surface area contributed by atoms with Crippen molar-refractivity contribution in [3.05, 3.63) is 24.0 Å². The van der Waals surface area contributed by atoms with Gasteiger partial charge >= 0.3 is 0 Å². The van der Waals surface area contributed by atoms with Gasteiger partial charge in [0.15, 0.2) is 15.8 Å². The minimum absolute atomic E-state index is 0.0352. The maximum absolute atomic E-state index is 11.4. The van der Waals surface area contributed by atoms with E-state index in [0.717, 1.165) is 5.56 Å². The predicted octanol–water partition coefficient (Wildman–Crippen LogP) is -0.123. The summed E-state index contributed by atoms with van der Waals surface area (Å²) in [6, 6.07) is 1.99. The maximum atomic E-state index is 11.4. The number of nitrogens with one attached hydrogen (secondary N) is 2. The van der Waals surface area contributed by atoms with Gasteiger partial charge < -0.3 is 15.2 Å². The Morgan fingerprint density at radius 3 is 2.89 bits per heavy atom. The van der Waals surface area contributed by atoms with Crippen LogP contribution in [0.3, 0.4) is 0 Å². The lowest BCUT2D eigenvalue weighted by atomic mass is 10.3. The molecular weight excluding hydrogens is 264 g/mol. The van der Waals surface area contributed by atoms with Crippen LogP contribution in [0.2, 0.25) is 0 Å². The van der Waals surface area contributed by atoms with Gasteiger partial charge in [0.1, 0.15) is 0 Å². The van der Waals surface area contributed by atoms with Crippen LogP contribution in [0.1, 0.15) is 12.0 Å². The van der Waals surface area contributed by atoms with E-state index in [0.29, 0.717) is 18.9 Å². The number of rotatable bonds is 3. The Bertz CT molecular complexity index is 562. The van der Waals surface area contributed by atoms with Crippen LogP contribution < -0.4 is 10.6 Å². The van der Waals surface area contributed by atoms with Gasteiger partial charge in [-0.05, 0) is 18.1 Å². The van der Waals surface area contributed by atoms with Crippen molar-refractivity contribution in [1.29, 1.82) is 0 Å². The first-order chi connectivity index (χ1) is 8.98. The molecule has 2 heterocycles. The first-order valence-electron chi connectivity index (χ1n) is 6.27. The first-order valence-corrected chi connectivity index (χ1v) is 8.09. The molecule has 2 N–H and O–H groups in total. The van der Waals surface area contributed by atoms with Crippen molar-refractivity contribution in [3.63, 3.8) is 0 Å². The van der Waals surface area contributed by atoms with Crippen LogP contribution in [-0.2, 0) is 23.4 Å². The fourth-order valence-electron chi connectivity index (χ4n) is 2.15. The number of aliphatic imine (C=N–C) groups is 1. The van der Waals surface area contributed by atoms with E-state index in [2.05, 4.69) is 15.6 Å². The number of aryl methyl sites for hydroxylation is 1. The van der Waals surface area contributed by atoms with Crippen LogP contribution >= 0.6 is 0 Å². The Morgan fingerprint density at radius 1 is 1.58 bits per heavy atom. The lowest BCUT2D eigenvalue weighted by Gasteiger charge is -2.15. The van der Waals surface area contributed by atoms with Gasteiger partial charge in [-0.2, -0.15) is 0 Å². The van der Waals surface area contributed by atoms with E-state index >= 15 is 0 Å². The summed E-state index contributed by atoms with van der Waals surface area (Å²) >= 11 is 0. The van der Waals surface area contributed by atoms with Crippen LogP contribution in [0.4, 0.5) is 0 Å². The minimum atomic E-state index is -2.86. The summed E-state index contributed by atoms with van der Waals surface area (Å²) < 4.78 is 24.8. The van der Waals surface area contributed by atoms with E-state index in [1.807, 2.05) is 30.1 Å². The van der Waals surface area contributed by atoms with Gasteiger partial charge in [-0.3, -0.25) is 4.99 Å². The molecule has 0 radical (unpaired) electrons. The molecule has 1 aliphatic heterocycles. The van der Waals surface area contributed by atoms with Crippen molar-refractivity contribution in [3.8, 4) is 0 Å². The molecule has 106 valence electrons. The lowest BCUT2D eigenvalue weighted by Crippen LogP contribution is -2.43. The summed E-state index contributed by atoms with van der Waals surface area (Å²) in [5.41, 5.74) is 1.16. The van der Waals surface area contributed by atoms with Gasteiger partial charge in [-0.1, -0.05) is 0 Å². The van der Waals surface area contributed by atoms with Gasteiger partial charge in [-0.15, -0.1) is 0 Å². The average Bonchev–Trinajstić information content (AvgIpc) is 2.90. The molecule has 1 aliphatic rings. The van der Waals surface area contributed by atoms with Gasteiger partial charge in [0.25, 0.3) is 0 Å². The number of hydrogen-bond donors (Lipinski definition) is 2. The van der Waals surface area contributed by atoms with Crippen molar-refractivity contribution >= 4 is 15.8 Å². The highest BCUT2D eigenvalue weighted by Crippen LogP contribution is 2.11. The van der Waals surface area contributed by atoms with E-state index in [4.69, 9.17) is 0 Å². The Labute approximate surface area is 113 Å². The molecule has 1 aromatic heterocycles. The third kappa shape index (κ3) is 3.99. The van der Waals surface area contributed by atoms with E-state index in [9.17, 15) is 8.42 Å². The average molecular weight is 284 g/mol. The second-order valence-electron chi connectivity index (χ2n) is 4.86.